The number of hydrogen-bond acceptors (Lipinski definition) is 22. The summed E-state index contributed by atoms with van der Waals surface area (Å²) in [6, 6.07) is 0. The highest BCUT2D eigenvalue weighted by Gasteiger charge is 2.44. The quantitative estimate of drug-likeness (QED) is 0.0122. The summed E-state index contributed by atoms with van der Waals surface area (Å²) in [5.74, 6) is -2.30. The number of aliphatic hydroxyl groups excluding tert-OH is 8. The molecule has 2 aliphatic heterocycles. The molecule has 12 atom stereocenters. The predicted octanol–water partition coefficient (Wildman–Crippen LogP) is 9.34. The average Bonchev–Trinajstić information content (AvgIpc) is 1.43. The molecular formula is C68H118O22. The van der Waals surface area contributed by atoms with Crippen molar-refractivity contribution in [3.05, 3.63) is 24.3 Å². The highest BCUT2D eigenvalue weighted by molar-refractivity contribution is 5.73. The molecule has 4 unspecified atom stereocenters. The molecule has 90 heavy (non-hydrogen) atoms. The molecule has 0 aromatic heterocycles. The molecule has 2 rings (SSSR count). The lowest BCUT2D eigenvalue weighted by Gasteiger charge is -2.37. The van der Waals surface area contributed by atoms with Gasteiger partial charge in [0.05, 0.1) is 13.2 Å². The van der Waals surface area contributed by atoms with Crippen LogP contribution in [-0.4, -0.2) is 177 Å². The van der Waals surface area contributed by atoms with Crippen LogP contribution in [0.2, 0.25) is 0 Å². The summed E-state index contributed by atoms with van der Waals surface area (Å²) < 4.78 is 42.7. The number of carbonyl (C=O) groups excluding carboxylic acids is 6. The Bertz CT molecular complexity index is 1800. The molecule has 0 amide bonds. The lowest BCUT2D eigenvalue weighted by atomic mass is 9.99. The van der Waals surface area contributed by atoms with Gasteiger partial charge in [0.15, 0.2) is 12.6 Å². The maximum Gasteiger partial charge on any atom is 0.306 e. The van der Waals surface area contributed by atoms with Crippen molar-refractivity contribution in [2.45, 2.75) is 344 Å². The van der Waals surface area contributed by atoms with E-state index in [0.717, 1.165) is 193 Å². The molecule has 2 fully saturated rings. The second-order valence-electron chi connectivity index (χ2n) is 24.4. The normalized spacial score (nSPS) is 22.5. The third-order valence-electron chi connectivity index (χ3n) is 16.3. The van der Waals surface area contributed by atoms with Gasteiger partial charge in [-0.1, -0.05) is 154 Å². The molecular weight excluding hydrogens is 1170 g/mol. The number of carbonyl (C=O) groups is 6. The van der Waals surface area contributed by atoms with Crippen molar-refractivity contribution in [2.75, 3.05) is 26.4 Å². The molecule has 0 aromatic carbocycles. The topological polar surface area (TPSA) is 338 Å². The fourth-order valence-corrected chi connectivity index (χ4v) is 10.6. The number of rotatable bonds is 55. The van der Waals surface area contributed by atoms with Gasteiger partial charge in [-0.2, -0.15) is 0 Å². The zero-order valence-electron chi connectivity index (χ0n) is 54.6. The van der Waals surface area contributed by atoms with Crippen molar-refractivity contribution in [3.63, 3.8) is 0 Å². The van der Waals surface area contributed by atoms with Gasteiger partial charge in [0.2, 0.25) is 0 Å². The molecule has 0 spiro atoms. The van der Waals surface area contributed by atoms with Crippen LogP contribution in [0, 0.1) is 0 Å². The summed E-state index contributed by atoms with van der Waals surface area (Å²) >= 11 is 0. The van der Waals surface area contributed by atoms with Gasteiger partial charge >= 0.3 is 35.8 Å². The Morgan fingerprint density at radius 3 is 1.02 bits per heavy atom. The molecule has 2 aliphatic rings. The zero-order valence-corrected chi connectivity index (χ0v) is 54.6. The van der Waals surface area contributed by atoms with Crippen LogP contribution in [0.3, 0.4) is 0 Å². The first kappa shape index (κ1) is 82.0. The first-order valence-electron chi connectivity index (χ1n) is 34.5. The van der Waals surface area contributed by atoms with Crippen molar-refractivity contribution in [1.29, 1.82) is 0 Å². The van der Waals surface area contributed by atoms with Crippen LogP contribution >= 0.6 is 0 Å². The van der Waals surface area contributed by atoms with E-state index >= 15 is 0 Å². The summed E-state index contributed by atoms with van der Waals surface area (Å²) in [4.78, 5) is 74.3. The van der Waals surface area contributed by atoms with Gasteiger partial charge in [0.1, 0.15) is 74.3 Å². The van der Waals surface area contributed by atoms with Gasteiger partial charge in [0, 0.05) is 51.4 Å². The molecule has 522 valence electrons. The van der Waals surface area contributed by atoms with Crippen LogP contribution in [0.1, 0.15) is 271 Å². The number of aliphatic hydroxyl groups is 8. The summed E-state index contributed by atoms with van der Waals surface area (Å²) in [5.41, 5.74) is 0. The zero-order chi connectivity index (χ0) is 66.0. The number of hydrogen-bond donors (Lipinski definition) is 8. The largest absolute Gasteiger partial charge is 0.466 e. The van der Waals surface area contributed by atoms with Gasteiger partial charge in [0.25, 0.3) is 0 Å². The Balaban J connectivity index is 1.39. The second-order valence-corrected chi connectivity index (χ2v) is 24.4. The Kier molecular flexibility index (Phi) is 48.5. The van der Waals surface area contributed by atoms with Crippen LogP contribution in [0.25, 0.3) is 0 Å². The van der Waals surface area contributed by atoms with Crippen molar-refractivity contribution in [1.82, 2.24) is 0 Å². The van der Waals surface area contributed by atoms with Crippen molar-refractivity contribution in [2.24, 2.45) is 0 Å². The fraction of sp³-hybridized carbons (Fsp3) is 0.853. The van der Waals surface area contributed by atoms with Gasteiger partial charge in [-0.3, -0.25) is 28.8 Å². The highest BCUT2D eigenvalue weighted by atomic mass is 16.7. The summed E-state index contributed by atoms with van der Waals surface area (Å²) in [6.07, 6.45) is 24.8. The van der Waals surface area contributed by atoms with E-state index in [9.17, 15) is 69.6 Å². The number of ether oxygens (including phenoxy) is 8. The Morgan fingerprint density at radius 1 is 0.333 bits per heavy atom. The summed E-state index contributed by atoms with van der Waals surface area (Å²) in [7, 11) is 0. The van der Waals surface area contributed by atoms with Gasteiger partial charge in [-0.05, 0) is 89.9 Å². The van der Waals surface area contributed by atoms with E-state index in [0.29, 0.717) is 38.9 Å². The van der Waals surface area contributed by atoms with E-state index < -0.39 is 86.6 Å². The first-order valence-corrected chi connectivity index (χ1v) is 34.5. The van der Waals surface area contributed by atoms with Gasteiger partial charge < -0.3 is 78.7 Å². The lowest BCUT2D eigenvalue weighted by molar-refractivity contribution is -0.287. The SMILES string of the molecule is CCCCCCC(C/C=C\CCCCCCCC(=O)OCCCCCCCCCCOC(=O)CCCCCCC/C=C/CC(CCCCCC)OC(=O)CCCC(=O)OC[C@H]1OC(O)[C@@H](O)[C@@H](O)[C@@H]1O)OC(=O)CCCC(=O)OC[C@H]1OC(O)[C@@H](O)[C@@H](O)[C@@H]1O. The molecule has 0 radical (unpaired) electrons. The van der Waals surface area contributed by atoms with Crippen LogP contribution in [-0.2, 0) is 66.7 Å². The molecule has 0 aromatic rings. The van der Waals surface area contributed by atoms with Crippen LogP contribution in [0.15, 0.2) is 24.3 Å². The van der Waals surface area contributed by atoms with Gasteiger partial charge in [-0.15, -0.1) is 0 Å². The van der Waals surface area contributed by atoms with Crippen LogP contribution < -0.4 is 0 Å². The van der Waals surface area contributed by atoms with Crippen molar-refractivity contribution in [3.8, 4) is 0 Å². The van der Waals surface area contributed by atoms with E-state index in [1.165, 1.54) is 0 Å². The molecule has 2 heterocycles. The molecule has 0 bridgehead atoms. The molecule has 2 saturated heterocycles. The smallest absolute Gasteiger partial charge is 0.306 e. The Labute approximate surface area is 536 Å². The summed E-state index contributed by atoms with van der Waals surface area (Å²) in [5, 5.41) is 78.2. The maximum atomic E-state index is 12.7. The third-order valence-corrected chi connectivity index (χ3v) is 16.3. The van der Waals surface area contributed by atoms with Crippen molar-refractivity contribution >= 4 is 35.8 Å². The van der Waals surface area contributed by atoms with E-state index in [2.05, 4.69) is 38.2 Å². The molecule has 22 nitrogen and oxygen atoms in total. The number of esters is 6. The van der Waals surface area contributed by atoms with Crippen LogP contribution in [0.4, 0.5) is 0 Å². The average molecular weight is 1290 g/mol. The lowest BCUT2D eigenvalue weighted by Crippen LogP contribution is -2.58. The predicted molar refractivity (Wildman–Crippen MR) is 336 cm³/mol. The van der Waals surface area contributed by atoms with Crippen molar-refractivity contribution < 1.29 is 108 Å². The monoisotopic (exact) mass is 1290 g/mol. The Morgan fingerprint density at radius 2 is 0.644 bits per heavy atom. The molecule has 8 N–H and O–H groups in total. The molecule has 22 heteroatoms. The molecule has 0 saturated carbocycles. The minimum Gasteiger partial charge on any atom is -0.466 e. The first-order chi connectivity index (χ1) is 43.5. The van der Waals surface area contributed by atoms with E-state index in [1.807, 2.05) is 0 Å². The van der Waals surface area contributed by atoms with Crippen LogP contribution in [0.5, 0.6) is 0 Å². The highest BCUT2D eigenvalue weighted by Crippen LogP contribution is 2.23. The minimum absolute atomic E-state index is 0.0378. The summed E-state index contributed by atoms with van der Waals surface area (Å²) in [6.45, 7) is 4.36. The van der Waals surface area contributed by atoms with Gasteiger partial charge in [-0.25, -0.2) is 0 Å². The van der Waals surface area contributed by atoms with E-state index in [1.54, 1.807) is 0 Å². The third kappa shape index (κ3) is 40.8. The Hall–Kier alpha value is -4.10. The molecule has 0 aliphatic carbocycles. The van der Waals surface area contributed by atoms with E-state index in [-0.39, 0.29) is 74.6 Å². The fourth-order valence-electron chi connectivity index (χ4n) is 10.6. The number of allylic oxidation sites excluding steroid dienone is 2. The maximum absolute atomic E-state index is 12.7. The van der Waals surface area contributed by atoms with E-state index in [4.69, 9.17) is 37.9 Å². The number of unbranched alkanes of at least 4 members (excludes halogenated alkanes) is 23. The minimum atomic E-state index is -1.72. The second kappa shape index (κ2) is 53.3. The standard InChI is InChI=1S/C68H118O22/c1-3-5-7-27-37-51(87-59(73)45-35-43-57(71)85-49-53-61(75)63(77)65(79)67(81)89-53)39-29-21-15-9-11-17-23-31-41-55(69)83-47-33-25-19-13-14-20-26-34-48-84-56(70)42-32-24-18-12-10-16-22-30-40-52(38-28-8-6-4-2)88-60(74)46-36-44-58(72)86-50-54-62(76)64(78)66(80)68(82)90-54/h21-22,29-30,51-54,61-68,75-82H,3-20,23-28,31-50H2,1-2H3/b29-21-,30-22+/t51?,52?,53-,54-,61-,62-,63+,64+,65+,66+,67?,68?/m1/s1.